The number of ketones is 2. The van der Waals surface area contributed by atoms with Crippen LogP contribution in [0.1, 0.15) is 50.3 Å². The van der Waals surface area contributed by atoms with Crippen molar-refractivity contribution in [2.24, 2.45) is 0 Å². The van der Waals surface area contributed by atoms with Gasteiger partial charge in [0, 0.05) is 24.1 Å². The quantitative estimate of drug-likeness (QED) is 0.566. The van der Waals surface area contributed by atoms with Gasteiger partial charge in [-0.1, -0.05) is 0 Å². The number of fused-ring (bicyclic) bond motifs is 1. The van der Waals surface area contributed by atoms with E-state index in [2.05, 4.69) is 0 Å². The summed E-state index contributed by atoms with van der Waals surface area (Å²) in [6.07, 6.45) is 0.847. The minimum absolute atomic E-state index is 0.0278. The molecule has 1 aromatic rings. The lowest BCUT2D eigenvalue weighted by Crippen LogP contribution is -2.14. The number of nitrogens with two attached hydrogens (primary N) is 1. The number of benzene rings is 1. The molecule has 0 radical (unpaired) electrons. The topological polar surface area (TPSA) is 97.5 Å². The third-order valence-corrected chi connectivity index (χ3v) is 2.83. The zero-order chi connectivity index (χ0) is 12.6. The maximum Gasteiger partial charge on any atom is 0.336 e. The zero-order valence-corrected chi connectivity index (χ0v) is 9.03. The van der Waals surface area contributed by atoms with Gasteiger partial charge in [0.15, 0.2) is 11.6 Å². The van der Waals surface area contributed by atoms with E-state index in [-0.39, 0.29) is 46.8 Å². The Balaban J connectivity index is 2.79. The normalized spacial score (nSPS) is 15.3. The molecule has 0 fully saturated rings. The van der Waals surface area contributed by atoms with Crippen molar-refractivity contribution in [3.63, 3.8) is 0 Å². The summed E-state index contributed by atoms with van der Waals surface area (Å²) in [6.45, 7) is 0. The second kappa shape index (κ2) is 4.01. The molecule has 3 N–H and O–H groups in total. The number of carbonyl (C=O) groups is 3. The van der Waals surface area contributed by atoms with Crippen LogP contribution < -0.4 is 5.73 Å². The van der Waals surface area contributed by atoms with Crippen LogP contribution in [-0.4, -0.2) is 22.6 Å². The van der Waals surface area contributed by atoms with E-state index >= 15 is 0 Å². The molecule has 0 unspecified atom stereocenters. The number of rotatable bonds is 1. The number of carbonyl (C=O) groups excluding carboxylic acids is 2. The molecule has 0 heterocycles. The van der Waals surface area contributed by atoms with Gasteiger partial charge in [0.2, 0.25) is 0 Å². The first-order chi connectivity index (χ1) is 8.02. The molecular formula is C12H11NO4. The van der Waals surface area contributed by atoms with E-state index in [0.717, 1.165) is 0 Å². The van der Waals surface area contributed by atoms with E-state index in [9.17, 15) is 14.4 Å². The van der Waals surface area contributed by atoms with Gasteiger partial charge in [-0.2, -0.15) is 0 Å². The average molecular weight is 233 g/mol. The van der Waals surface area contributed by atoms with Crippen molar-refractivity contribution in [1.82, 2.24) is 0 Å². The van der Waals surface area contributed by atoms with E-state index in [0.29, 0.717) is 6.42 Å². The average Bonchev–Trinajstić information content (AvgIpc) is 2.40. The van der Waals surface area contributed by atoms with Crippen LogP contribution in [-0.2, 0) is 0 Å². The van der Waals surface area contributed by atoms with Crippen LogP contribution in [0, 0.1) is 0 Å². The van der Waals surface area contributed by atoms with Gasteiger partial charge in [0.25, 0.3) is 0 Å². The molecule has 1 aromatic carbocycles. The van der Waals surface area contributed by atoms with E-state index < -0.39 is 5.97 Å². The Hall–Kier alpha value is -2.17. The zero-order valence-electron chi connectivity index (χ0n) is 9.03. The van der Waals surface area contributed by atoms with Crippen molar-refractivity contribution in [2.75, 3.05) is 5.73 Å². The van der Waals surface area contributed by atoms with Crippen molar-refractivity contribution in [2.45, 2.75) is 19.3 Å². The molecule has 0 saturated heterocycles. The molecule has 1 aliphatic carbocycles. The van der Waals surface area contributed by atoms with Gasteiger partial charge in [0.05, 0.1) is 11.1 Å². The predicted molar refractivity (Wildman–Crippen MR) is 60.3 cm³/mol. The molecule has 0 aliphatic heterocycles. The summed E-state index contributed by atoms with van der Waals surface area (Å²) in [6, 6.07) is 2.63. The molecule has 88 valence electrons. The largest absolute Gasteiger partial charge is 0.478 e. The van der Waals surface area contributed by atoms with Gasteiger partial charge in [-0.15, -0.1) is 0 Å². The van der Waals surface area contributed by atoms with Gasteiger partial charge in [-0.3, -0.25) is 9.59 Å². The number of carboxylic acids is 1. The Morgan fingerprint density at radius 3 is 2.29 bits per heavy atom. The Labute approximate surface area is 97.2 Å². The summed E-state index contributed by atoms with van der Waals surface area (Å²) in [5, 5.41) is 9.02. The number of carboxylic acid groups (broad SMARTS) is 1. The van der Waals surface area contributed by atoms with E-state index in [1.165, 1.54) is 12.1 Å². The Bertz CT molecular complexity index is 534. The first-order valence-electron chi connectivity index (χ1n) is 5.24. The van der Waals surface area contributed by atoms with Crippen molar-refractivity contribution < 1.29 is 19.5 Å². The highest BCUT2D eigenvalue weighted by atomic mass is 16.4. The minimum atomic E-state index is -1.22. The third kappa shape index (κ3) is 1.80. The number of anilines is 1. The van der Waals surface area contributed by atoms with Gasteiger partial charge in [-0.05, 0) is 18.6 Å². The first kappa shape index (κ1) is 11.3. The van der Waals surface area contributed by atoms with Crippen LogP contribution in [0.15, 0.2) is 12.1 Å². The maximum absolute atomic E-state index is 11.9. The maximum atomic E-state index is 11.9. The second-order valence-electron chi connectivity index (χ2n) is 3.96. The van der Waals surface area contributed by atoms with E-state index in [1.807, 2.05) is 0 Å². The Morgan fingerprint density at radius 1 is 1.12 bits per heavy atom. The van der Waals surface area contributed by atoms with Gasteiger partial charge < -0.3 is 10.8 Å². The van der Waals surface area contributed by atoms with Crippen molar-refractivity contribution >= 4 is 23.2 Å². The van der Waals surface area contributed by atoms with Crippen LogP contribution in [0.3, 0.4) is 0 Å². The van der Waals surface area contributed by atoms with Crippen LogP contribution in [0.4, 0.5) is 5.69 Å². The molecule has 0 bridgehead atoms. The molecule has 0 saturated carbocycles. The Kier molecular flexibility index (Phi) is 2.67. The summed E-state index contributed by atoms with van der Waals surface area (Å²) < 4.78 is 0. The summed E-state index contributed by atoms with van der Waals surface area (Å²) in [5.74, 6) is -1.80. The molecule has 0 spiro atoms. The fraction of sp³-hybridized carbons (Fsp3) is 0.250. The number of hydrogen-bond donors (Lipinski definition) is 2. The number of Topliss-reactive ketones (excluding diaryl/α,β-unsaturated/α-hetero) is 2. The summed E-state index contributed by atoms with van der Waals surface area (Å²) in [4.78, 5) is 34.7. The lowest BCUT2D eigenvalue weighted by Gasteiger charge is -2.10. The molecular weight excluding hydrogens is 222 g/mol. The molecule has 0 amide bonds. The van der Waals surface area contributed by atoms with Gasteiger partial charge >= 0.3 is 5.97 Å². The lowest BCUT2D eigenvalue weighted by molar-refractivity contribution is 0.0692. The minimum Gasteiger partial charge on any atom is -0.478 e. The van der Waals surface area contributed by atoms with Crippen molar-refractivity contribution in [3.8, 4) is 0 Å². The highest BCUT2D eigenvalue weighted by Gasteiger charge is 2.28. The molecule has 2 rings (SSSR count). The highest BCUT2D eigenvalue weighted by Crippen LogP contribution is 2.28. The molecule has 5 heteroatoms. The van der Waals surface area contributed by atoms with Crippen LogP contribution in [0.2, 0.25) is 0 Å². The summed E-state index contributed by atoms with van der Waals surface area (Å²) in [7, 11) is 0. The smallest absolute Gasteiger partial charge is 0.336 e. The molecule has 17 heavy (non-hydrogen) atoms. The number of nitrogen functional groups attached to an aromatic ring is 1. The monoisotopic (exact) mass is 233 g/mol. The number of aromatic carboxylic acids is 1. The fourth-order valence-corrected chi connectivity index (χ4v) is 2.05. The summed E-state index contributed by atoms with van der Waals surface area (Å²) in [5.41, 5.74) is 5.74. The third-order valence-electron chi connectivity index (χ3n) is 2.83. The second-order valence-corrected chi connectivity index (χ2v) is 3.96. The molecule has 0 atom stereocenters. The fourth-order valence-electron chi connectivity index (χ4n) is 2.05. The lowest BCUT2D eigenvalue weighted by atomic mass is 9.94. The highest BCUT2D eigenvalue weighted by molar-refractivity contribution is 6.17. The standard InChI is InChI=1S/C12H11NO4/c13-7-5-4-6(12(16)17)10-8(14)2-1-3-9(15)11(7)10/h4-5H,1-3,13H2,(H,16,17). The first-order valence-corrected chi connectivity index (χ1v) is 5.24. The molecule has 1 aliphatic rings. The van der Waals surface area contributed by atoms with Crippen LogP contribution in [0.25, 0.3) is 0 Å². The Morgan fingerprint density at radius 2 is 1.71 bits per heavy atom. The van der Waals surface area contributed by atoms with Gasteiger partial charge in [0.1, 0.15) is 0 Å². The van der Waals surface area contributed by atoms with Crippen molar-refractivity contribution in [3.05, 3.63) is 28.8 Å². The molecule has 5 nitrogen and oxygen atoms in total. The number of hydrogen-bond acceptors (Lipinski definition) is 4. The SMILES string of the molecule is Nc1ccc(C(=O)O)c2c1C(=O)CCCC2=O. The predicted octanol–water partition coefficient (Wildman–Crippen LogP) is 1.52. The van der Waals surface area contributed by atoms with E-state index in [1.54, 1.807) is 0 Å². The van der Waals surface area contributed by atoms with Gasteiger partial charge in [-0.25, -0.2) is 4.79 Å². The summed E-state index contributed by atoms with van der Waals surface area (Å²) >= 11 is 0. The van der Waals surface area contributed by atoms with E-state index in [4.69, 9.17) is 10.8 Å². The molecule has 0 aromatic heterocycles. The van der Waals surface area contributed by atoms with Crippen LogP contribution in [0.5, 0.6) is 0 Å². The van der Waals surface area contributed by atoms with Crippen LogP contribution >= 0.6 is 0 Å². The van der Waals surface area contributed by atoms with Crippen molar-refractivity contribution in [1.29, 1.82) is 0 Å².